The van der Waals surface area contributed by atoms with Crippen molar-refractivity contribution in [1.29, 1.82) is 10.5 Å². The van der Waals surface area contributed by atoms with Crippen LogP contribution in [-0.4, -0.2) is 28.9 Å². The van der Waals surface area contributed by atoms with Gasteiger partial charge in [-0.1, -0.05) is 18.2 Å². The molecule has 0 aliphatic rings. The van der Waals surface area contributed by atoms with E-state index in [1.807, 2.05) is 24.3 Å². The maximum absolute atomic E-state index is 12.2. The molecule has 0 saturated heterocycles. The molecule has 1 amide bonds. The first-order valence-corrected chi connectivity index (χ1v) is 5.86. The Hall–Kier alpha value is -3.12. The molecule has 0 radical (unpaired) electrons. The molecule has 0 aliphatic carbocycles. The number of nitrogens with two attached hydrogens (primary N) is 1. The fourth-order valence-corrected chi connectivity index (χ4v) is 1.84. The predicted octanol–water partition coefficient (Wildman–Crippen LogP) is 1.31. The van der Waals surface area contributed by atoms with E-state index in [0.717, 1.165) is 10.3 Å². The first kappa shape index (κ1) is 13.3. The molecule has 0 saturated carbocycles. The number of carbonyl (C=O) groups is 1. The lowest BCUT2D eigenvalue weighted by Crippen LogP contribution is -2.32. The van der Waals surface area contributed by atoms with Gasteiger partial charge in [-0.15, -0.1) is 0 Å². The summed E-state index contributed by atoms with van der Waals surface area (Å²) in [5.74, 6) is -0.481. The highest BCUT2D eigenvalue weighted by Gasteiger charge is 2.18. The Morgan fingerprint density at radius 3 is 2.55 bits per heavy atom. The van der Waals surface area contributed by atoms with Gasteiger partial charge in [0.15, 0.2) is 0 Å². The highest BCUT2D eigenvalue weighted by atomic mass is 16.2. The molecule has 2 N–H and O–H groups in total. The molecule has 0 fully saturated rings. The molecular formula is C14H11N5O. The van der Waals surface area contributed by atoms with Gasteiger partial charge in [-0.25, -0.2) is 4.98 Å². The molecule has 20 heavy (non-hydrogen) atoms. The first-order valence-electron chi connectivity index (χ1n) is 5.86. The molecule has 2 aromatic rings. The number of amides is 1. The number of nitrogens with zero attached hydrogens (tertiary/aromatic N) is 4. The van der Waals surface area contributed by atoms with E-state index in [1.54, 1.807) is 12.1 Å². The molecule has 6 nitrogen and oxygen atoms in total. The summed E-state index contributed by atoms with van der Waals surface area (Å²) in [5, 5.41) is 18.1. The minimum absolute atomic E-state index is 0.131. The van der Waals surface area contributed by atoms with Gasteiger partial charge in [0.25, 0.3) is 5.91 Å². The Bertz CT molecular complexity index is 725. The minimum Gasteiger partial charge on any atom is -0.398 e. The first-order chi connectivity index (χ1) is 9.67. The molecular weight excluding hydrogens is 254 g/mol. The minimum atomic E-state index is -0.481. The standard InChI is InChI=1S/C14H11N5O/c15-5-7-19(8-6-16)14(20)13-9-11(17)10-3-1-2-4-12(10)18-13/h1-4,9H,7-8H2,(H2,17,18). The van der Waals surface area contributed by atoms with Crippen LogP contribution in [0, 0.1) is 22.7 Å². The fraction of sp³-hybridized carbons (Fsp3) is 0.143. The largest absolute Gasteiger partial charge is 0.398 e. The SMILES string of the molecule is N#CCN(CC#N)C(=O)c1cc(N)c2ccccc2n1. The summed E-state index contributed by atoms with van der Waals surface area (Å²) in [4.78, 5) is 17.6. The van der Waals surface area contributed by atoms with Gasteiger partial charge in [-0.05, 0) is 12.1 Å². The number of benzene rings is 1. The number of pyridine rings is 1. The number of hydrogen-bond donors (Lipinski definition) is 1. The van der Waals surface area contributed by atoms with E-state index in [9.17, 15) is 4.79 Å². The maximum Gasteiger partial charge on any atom is 0.274 e. The van der Waals surface area contributed by atoms with Crippen LogP contribution in [-0.2, 0) is 0 Å². The smallest absolute Gasteiger partial charge is 0.274 e. The monoisotopic (exact) mass is 265 g/mol. The lowest BCUT2D eigenvalue weighted by atomic mass is 10.1. The van der Waals surface area contributed by atoms with Crippen molar-refractivity contribution in [2.75, 3.05) is 18.8 Å². The van der Waals surface area contributed by atoms with E-state index in [-0.39, 0.29) is 18.8 Å². The van der Waals surface area contributed by atoms with Crippen LogP contribution in [0.4, 0.5) is 5.69 Å². The zero-order valence-corrected chi connectivity index (χ0v) is 10.6. The Labute approximate surface area is 115 Å². The van der Waals surface area contributed by atoms with Crippen LogP contribution in [0.5, 0.6) is 0 Å². The third-order valence-electron chi connectivity index (χ3n) is 2.78. The molecule has 1 heterocycles. The van der Waals surface area contributed by atoms with Crippen LogP contribution >= 0.6 is 0 Å². The Kier molecular flexibility index (Phi) is 3.78. The zero-order valence-electron chi connectivity index (χ0n) is 10.6. The quantitative estimate of drug-likeness (QED) is 0.842. The van der Waals surface area contributed by atoms with Crippen LogP contribution in [0.25, 0.3) is 10.9 Å². The molecule has 98 valence electrons. The second-order valence-corrected chi connectivity index (χ2v) is 4.09. The molecule has 1 aromatic carbocycles. The Balaban J connectivity index is 2.45. The van der Waals surface area contributed by atoms with Crippen molar-refractivity contribution in [2.24, 2.45) is 0 Å². The maximum atomic E-state index is 12.2. The number of aromatic nitrogens is 1. The molecule has 1 aromatic heterocycles. The van der Waals surface area contributed by atoms with Gasteiger partial charge >= 0.3 is 0 Å². The van der Waals surface area contributed by atoms with E-state index in [1.165, 1.54) is 6.07 Å². The third-order valence-corrected chi connectivity index (χ3v) is 2.78. The predicted molar refractivity (Wildman–Crippen MR) is 73.3 cm³/mol. The van der Waals surface area contributed by atoms with Crippen molar-refractivity contribution in [2.45, 2.75) is 0 Å². The molecule has 0 bridgehead atoms. The van der Waals surface area contributed by atoms with E-state index in [4.69, 9.17) is 16.3 Å². The zero-order chi connectivity index (χ0) is 14.5. The van der Waals surface area contributed by atoms with Crippen LogP contribution in [0.2, 0.25) is 0 Å². The van der Waals surface area contributed by atoms with Crippen LogP contribution in [0.1, 0.15) is 10.5 Å². The van der Waals surface area contributed by atoms with E-state index < -0.39 is 5.91 Å². The summed E-state index contributed by atoms with van der Waals surface area (Å²) in [7, 11) is 0. The second kappa shape index (κ2) is 5.68. The van der Waals surface area contributed by atoms with Gasteiger partial charge in [0.05, 0.1) is 17.7 Å². The van der Waals surface area contributed by atoms with Crippen LogP contribution in [0.15, 0.2) is 30.3 Å². The number of rotatable bonds is 3. The van der Waals surface area contributed by atoms with Crippen LogP contribution in [0.3, 0.4) is 0 Å². The highest BCUT2D eigenvalue weighted by Crippen LogP contribution is 2.20. The summed E-state index contributed by atoms with van der Waals surface area (Å²) in [6.45, 7) is -0.332. The number of para-hydroxylation sites is 1. The summed E-state index contributed by atoms with van der Waals surface area (Å²) < 4.78 is 0. The summed E-state index contributed by atoms with van der Waals surface area (Å²) in [5.41, 5.74) is 7.07. The number of nitrogen functional groups attached to an aromatic ring is 1. The van der Waals surface area contributed by atoms with E-state index in [2.05, 4.69) is 4.98 Å². The lowest BCUT2D eigenvalue weighted by Gasteiger charge is -2.15. The Morgan fingerprint density at radius 1 is 1.25 bits per heavy atom. The number of carbonyl (C=O) groups excluding carboxylic acids is 1. The fourth-order valence-electron chi connectivity index (χ4n) is 1.84. The highest BCUT2D eigenvalue weighted by molar-refractivity contribution is 5.99. The van der Waals surface area contributed by atoms with Crippen molar-refractivity contribution in [1.82, 2.24) is 9.88 Å². The van der Waals surface area contributed by atoms with E-state index >= 15 is 0 Å². The van der Waals surface area contributed by atoms with Gasteiger partial charge in [-0.2, -0.15) is 10.5 Å². The number of fused-ring (bicyclic) bond motifs is 1. The van der Waals surface area contributed by atoms with Crippen molar-refractivity contribution >= 4 is 22.5 Å². The molecule has 0 spiro atoms. The van der Waals surface area contributed by atoms with Gasteiger partial charge in [0.2, 0.25) is 0 Å². The van der Waals surface area contributed by atoms with Crippen LogP contribution < -0.4 is 5.73 Å². The van der Waals surface area contributed by atoms with Crippen molar-refractivity contribution < 1.29 is 4.79 Å². The summed E-state index contributed by atoms with van der Waals surface area (Å²) in [6, 6.07) is 12.4. The molecule has 0 atom stereocenters. The summed E-state index contributed by atoms with van der Waals surface area (Å²) >= 11 is 0. The molecule has 0 unspecified atom stereocenters. The normalized spacial score (nSPS) is 9.70. The van der Waals surface area contributed by atoms with Crippen molar-refractivity contribution in [3.63, 3.8) is 0 Å². The number of nitriles is 2. The molecule has 2 rings (SSSR count). The molecule has 6 heteroatoms. The average Bonchev–Trinajstić information content (AvgIpc) is 2.46. The van der Waals surface area contributed by atoms with Gasteiger partial charge in [0.1, 0.15) is 18.8 Å². The van der Waals surface area contributed by atoms with Crippen molar-refractivity contribution in [3.8, 4) is 12.1 Å². The van der Waals surface area contributed by atoms with Gasteiger partial charge in [0, 0.05) is 11.1 Å². The van der Waals surface area contributed by atoms with Gasteiger partial charge in [-0.3, -0.25) is 4.79 Å². The average molecular weight is 265 g/mol. The number of anilines is 1. The lowest BCUT2D eigenvalue weighted by molar-refractivity contribution is 0.0789. The van der Waals surface area contributed by atoms with Crippen molar-refractivity contribution in [3.05, 3.63) is 36.0 Å². The second-order valence-electron chi connectivity index (χ2n) is 4.09. The van der Waals surface area contributed by atoms with E-state index in [0.29, 0.717) is 11.2 Å². The topological polar surface area (TPSA) is 107 Å². The molecule has 0 aliphatic heterocycles. The Morgan fingerprint density at radius 2 is 1.90 bits per heavy atom. The summed E-state index contributed by atoms with van der Waals surface area (Å²) in [6.07, 6.45) is 0. The van der Waals surface area contributed by atoms with Gasteiger partial charge < -0.3 is 10.6 Å². The third kappa shape index (κ3) is 2.50. The number of hydrogen-bond acceptors (Lipinski definition) is 5.